The van der Waals surface area contributed by atoms with Crippen molar-refractivity contribution in [3.05, 3.63) is 23.8 Å². The molecular weight excluding hydrogens is 532 g/mol. The number of carbonyl (C=O) groups excluding carboxylic acids is 2. The zero-order chi connectivity index (χ0) is 30.6. The Bertz CT molecular complexity index is 983. The molecule has 1 aromatic carbocycles. The molecule has 3 rings (SSSR count). The van der Waals surface area contributed by atoms with Crippen LogP contribution in [0, 0.1) is 11.8 Å². The van der Waals surface area contributed by atoms with Gasteiger partial charge in [0, 0.05) is 43.9 Å². The Morgan fingerprint density at radius 3 is 2.48 bits per heavy atom. The number of amides is 3. The first-order valence-electron chi connectivity index (χ1n) is 16.2. The van der Waals surface area contributed by atoms with Gasteiger partial charge in [0.05, 0.1) is 30.4 Å². The van der Waals surface area contributed by atoms with E-state index in [9.17, 15) is 14.7 Å². The lowest BCUT2D eigenvalue weighted by Crippen LogP contribution is -2.47. The lowest BCUT2D eigenvalue weighted by atomic mass is 9.89. The average Bonchev–Trinajstić information content (AvgIpc) is 2.94. The summed E-state index contributed by atoms with van der Waals surface area (Å²) in [5.74, 6) is 1.04. The minimum Gasteiger partial charge on any atom is -0.490 e. The fourth-order valence-electron chi connectivity index (χ4n) is 6.08. The van der Waals surface area contributed by atoms with Crippen LogP contribution >= 0.6 is 0 Å². The van der Waals surface area contributed by atoms with E-state index in [2.05, 4.69) is 29.5 Å². The maximum Gasteiger partial charge on any atom is 0.319 e. The van der Waals surface area contributed by atoms with Gasteiger partial charge < -0.3 is 35.0 Å². The van der Waals surface area contributed by atoms with Crippen LogP contribution in [0.1, 0.15) is 96.3 Å². The number of likely N-dealkylation sites (N-methyl/N-ethyl adjacent to an activating group) is 1. The minimum absolute atomic E-state index is 0.0209. The molecule has 0 radical (unpaired) electrons. The van der Waals surface area contributed by atoms with E-state index in [0.717, 1.165) is 38.3 Å². The van der Waals surface area contributed by atoms with Crippen molar-refractivity contribution in [2.75, 3.05) is 45.2 Å². The molecule has 238 valence electrons. The zero-order valence-corrected chi connectivity index (χ0v) is 26.9. The summed E-state index contributed by atoms with van der Waals surface area (Å²) in [6, 6.07) is 4.45. The van der Waals surface area contributed by atoms with E-state index in [1.54, 1.807) is 23.1 Å². The molecule has 1 aliphatic carbocycles. The summed E-state index contributed by atoms with van der Waals surface area (Å²) in [4.78, 5) is 30.8. The zero-order valence-electron chi connectivity index (χ0n) is 26.9. The molecule has 0 bridgehead atoms. The van der Waals surface area contributed by atoms with Gasteiger partial charge in [-0.1, -0.05) is 26.2 Å². The van der Waals surface area contributed by atoms with Gasteiger partial charge >= 0.3 is 6.03 Å². The molecule has 1 saturated carbocycles. The van der Waals surface area contributed by atoms with Crippen molar-refractivity contribution in [1.29, 1.82) is 0 Å². The number of rotatable bonds is 8. The summed E-state index contributed by atoms with van der Waals surface area (Å²) in [6.45, 7) is 12.6. The molecule has 0 spiro atoms. The van der Waals surface area contributed by atoms with Crippen LogP contribution in [0.2, 0.25) is 0 Å². The maximum absolute atomic E-state index is 14.2. The Balaban J connectivity index is 1.87. The summed E-state index contributed by atoms with van der Waals surface area (Å²) in [6.07, 6.45) is 9.23. The van der Waals surface area contributed by atoms with E-state index in [1.807, 2.05) is 27.7 Å². The summed E-state index contributed by atoms with van der Waals surface area (Å²) >= 11 is 0. The molecular formula is C33H56N4O5. The summed E-state index contributed by atoms with van der Waals surface area (Å²) in [5, 5.41) is 15.8. The van der Waals surface area contributed by atoms with Gasteiger partial charge in [0.1, 0.15) is 5.75 Å². The molecule has 0 unspecified atom stereocenters. The van der Waals surface area contributed by atoms with Gasteiger partial charge in [0.2, 0.25) is 0 Å². The fourth-order valence-corrected chi connectivity index (χ4v) is 6.08. The normalized spacial score (nSPS) is 24.1. The van der Waals surface area contributed by atoms with Crippen molar-refractivity contribution in [1.82, 2.24) is 15.1 Å². The number of aliphatic hydroxyl groups is 1. The average molecular weight is 589 g/mol. The van der Waals surface area contributed by atoms with Crippen LogP contribution in [0.5, 0.6) is 5.75 Å². The van der Waals surface area contributed by atoms with E-state index in [0.29, 0.717) is 30.2 Å². The molecule has 0 aromatic heterocycles. The predicted molar refractivity (Wildman–Crippen MR) is 168 cm³/mol. The number of benzene rings is 1. The van der Waals surface area contributed by atoms with Crippen LogP contribution in [0.25, 0.3) is 0 Å². The second-order valence-corrected chi connectivity index (χ2v) is 13.0. The molecule has 3 amide bonds. The summed E-state index contributed by atoms with van der Waals surface area (Å²) in [5.41, 5.74) is 0.883. The first-order valence-corrected chi connectivity index (χ1v) is 16.2. The molecule has 9 heteroatoms. The molecule has 4 atom stereocenters. The number of hydrogen-bond acceptors (Lipinski definition) is 6. The van der Waals surface area contributed by atoms with Gasteiger partial charge in [-0.05, 0) is 91.0 Å². The number of urea groups is 1. The van der Waals surface area contributed by atoms with Crippen molar-refractivity contribution in [2.45, 2.75) is 110 Å². The Labute approximate surface area is 253 Å². The highest BCUT2D eigenvalue weighted by Crippen LogP contribution is 2.29. The molecule has 1 aliphatic heterocycles. The lowest BCUT2D eigenvalue weighted by molar-refractivity contribution is -0.0190. The van der Waals surface area contributed by atoms with Gasteiger partial charge in [0.15, 0.2) is 0 Å². The highest BCUT2D eigenvalue weighted by molar-refractivity contribution is 5.99. The number of nitrogens with zero attached hydrogens (tertiary/aromatic N) is 2. The standard InChI is InChI=1S/C33H56N4O5/c1-23(2)34-33(40)35-28-15-16-30-29(18-28)32(39)37(25(4)22-38)19-24(3)31(41-17-11-10-12-26(5)42-30)21-36(6)20-27-13-8-7-9-14-27/h15-16,18,23-27,31,38H,7-14,17,19-22H2,1-6H3,(H2,34,35,40)/t24-,25-,26-,31+/m1/s1. The number of anilines is 1. The third kappa shape index (κ3) is 10.7. The largest absolute Gasteiger partial charge is 0.490 e. The number of nitrogens with one attached hydrogen (secondary N) is 2. The Morgan fingerprint density at radius 1 is 1.07 bits per heavy atom. The smallest absolute Gasteiger partial charge is 0.319 e. The monoisotopic (exact) mass is 588 g/mol. The van der Waals surface area contributed by atoms with Crippen LogP contribution < -0.4 is 15.4 Å². The van der Waals surface area contributed by atoms with E-state index in [1.165, 1.54) is 32.1 Å². The van der Waals surface area contributed by atoms with E-state index >= 15 is 0 Å². The molecule has 2 aliphatic rings. The Hall–Kier alpha value is -2.36. The lowest BCUT2D eigenvalue weighted by Gasteiger charge is -2.36. The molecule has 1 heterocycles. The van der Waals surface area contributed by atoms with Crippen LogP contribution in [0.4, 0.5) is 10.5 Å². The summed E-state index contributed by atoms with van der Waals surface area (Å²) in [7, 11) is 2.19. The highest BCUT2D eigenvalue weighted by atomic mass is 16.5. The second-order valence-electron chi connectivity index (χ2n) is 13.0. The van der Waals surface area contributed by atoms with E-state index < -0.39 is 6.04 Å². The predicted octanol–water partition coefficient (Wildman–Crippen LogP) is 5.52. The van der Waals surface area contributed by atoms with Crippen molar-refractivity contribution in [3.63, 3.8) is 0 Å². The number of fused-ring (bicyclic) bond motifs is 1. The third-order valence-corrected chi connectivity index (χ3v) is 8.52. The molecule has 1 fully saturated rings. The maximum atomic E-state index is 14.2. The number of carbonyl (C=O) groups is 2. The Morgan fingerprint density at radius 2 is 1.79 bits per heavy atom. The fraction of sp³-hybridized carbons (Fsp3) is 0.758. The SMILES string of the molecule is CC(C)NC(=O)Nc1ccc2c(c1)C(=O)N([C@H](C)CO)C[C@@H](C)[C@H](CN(C)CC1CCCCC1)OCCCC[C@@H](C)O2. The first kappa shape index (κ1) is 34.1. The van der Waals surface area contributed by atoms with Crippen LogP contribution in [-0.4, -0.2) is 91.0 Å². The van der Waals surface area contributed by atoms with Gasteiger partial charge in [-0.15, -0.1) is 0 Å². The van der Waals surface area contributed by atoms with Crippen molar-refractivity contribution in [2.24, 2.45) is 11.8 Å². The van der Waals surface area contributed by atoms with Crippen LogP contribution in [-0.2, 0) is 4.74 Å². The highest BCUT2D eigenvalue weighted by Gasteiger charge is 2.31. The van der Waals surface area contributed by atoms with Crippen molar-refractivity contribution < 1.29 is 24.2 Å². The molecule has 1 aromatic rings. The second kappa shape index (κ2) is 17.1. The van der Waals surface area contributed by atoms with Gasteiger partial charge in [-0.25, -0.2) is 4.79 Å². The van der Waals surface area contributed by atoms with Crippen LogP contribution in [0.15, 0.2) is 18.2 Å². The van der Waals surface area contributed by atoms with Gasteiger partial charge in [0.25, 0.3) is 5.91 Å². The molecule has 42 heavy (non-hydrogen) atoms. The molecule has 0 saturated heterocycles. The first-order chi connectivity index (χ1) is 20.1. The third-order valence-electron chi connectivity index (χ3n) is 8.52. The quantitative estimate of drug-likeness (QED) is 0.369. The number of ether oxygens (including phenoxy) is 2. The number of hydrogen-bond donors (Lipinski definition) is 3. The molecule has 3 N–H and O–H groups in total. The van der Waals surface area contributed by atoms with Gasteiger partial charge in [-0.2, -0.15) is 0 Å². The van der Waals surface area contributed by atoms with E-state index in [-0.39, 0.29) is 42.7 Å². The molecule has 9 nitrogen and oxygen atoms in total. The minimum atomic E-state index is -0.403. The van der Waals surface area contributed by atoms with Crippen LogP contribution in [0.3, 0.4) is 0 Å². The van der Waals surface area contributed by atoms with Crippen molar-refractivity contribution in [3.8, 4) is 5.75 Å². The van der Waals surface area contributed by atoms with E-state index in [4.69, 9.17) is 9.47 Å². The Kier molecular flexibility index (Phi) is 13.9. The topological polar surface area (TPSA) is 103 Å². The van der Waals surface area contributed by atoms with Gasteiger partial charge in [-0.3, -0.25) is 4.79 Å². The van der Waals surface area contributed by atoms with Crippen molar-refractivity contribution >= 4 is 17.6 Å². The number of aliphatic hydroxyl groups excluding tert-OH is 1. The summed E-state index contributed by atoms with van der Waals surface area (Å²) < 4.78 is 12.8.